The van der Waals surface area contributed by atoms with Crippen molar-refractivity contribution in [1.29, 1.82) is 0 Å². The zero-order valence-electron chi connectivity index (χ0n) is 5.07. The summed E-state index contributed by atoms with van der Waals surface area (Å²) in [7, 11) is 1.08. The second-order valence-corrected chi connectivity index (χ2v) is 1.67. The van der Waals surface area contributed by atoms with Gasteiger partial charge in [0.05, 0.1) is 7.11 Å². The lowest BCUT2D eigenvalue weighted by molar-refractivity contribution is -0.154. The fourth-order valence-corrected chi connectivity index (χ4v) is 0.447. The Morgan fingerprint density at radius 3 is 2.10 bits per heavy atom. The van der Waals surface area contributed by atoms with Crippen molar-refractivity contribution >= 4 is 11.9 Å². The molecular formula is C4H4N2O4. The van der Waals surface area contributed by atoms with Crippen molar-refractivity contribution in [3.8, 4) is 0 Å². The van der Waals surface area contributed by atoms with Crippen LogP contribution in [0.15, 0.2) is 10.2 Å². The number of hydrogen-bond donors (Lipinski definition) is 1. The van der Waals surface area contributed by atoms with Crippen molar-refractivity contribution in [3.05, 3.63) is 0 Å². The maximum Gasteiger partial charge on any atom is 0.381 e. The highest BCUT2D eigenvalue weighted by Crippen LogP contribution is 2.29. The van der Waals surface area contributed by atoms with Crippen LogP contribution in [0.5, 0.6) is 0 Å². The summed E-state index contributed by atoms with van der Waals surface area (Å²) >= 11 is 0. The Balaban J connectivity index is 2.71. The average Bonchev–Trinajstić information content (AvgIpc) is 2.65. The van der Waals surface area contributed by atoms with Crippen molar-refractivity contribution < 1.29 is 19.4 Å². The number of carbonyl (C=O) groups excluding carboxylic acids is 1. The smallest absolute Gasteiger partial charge is 0.381 e. The third kappa shape index (κ3) is 0.652. The van der Waals surface area contributed by atoms with E-state index in [4.69, 9.17) is 5.11 Å². The number of aliphatic carboxylic acids is 1. The van der Waals surface area contributed by atoms with Crippen LogP contribution in [0.25, 0.3) is 0 Å². The van der Waals surface area contributed by atoms with Gasteiger partial charge >= 0.3 is 17.6 Å². The predicted molar refractivity (Wildman–Crippen MR) is 27.2 cm³/mol. The molecule has 0 saturated carbocycles. The fourth-order valence-electron chi connectivity index (χ4n) is 0.447. The quantitative estimate of drug-likeness (QED) is 0.414. The third-order valence-corrected chi connectivity index (χ3v) is 1.07. The molecule has 1 N–H and O–H groups in total. The van der Waals surface area contributed by atoms with Crippen LogP contribution >= 0.6 is 0 Å². The van der Waals surface area contributed by atoms with E-state index in [-0.39, 0.29) is 0 Å². The molecule has 0 aromatic carbocycles. The van der Waals surface area contributed by atoms with Crippen molar-refractivity contribution in [1.82, 2.24) is 0 Å². The van der Waals surface area contributed by atoms with Gasteiger partial charge in [0, 0.05) is 0 Å². The van der Waals surface area contributed by atoms with Gasteiger partial charge in [-0.3, -0.25) is 0 Å². The van der Waals surface area contributed by atoms with Gasteiger partial charge in [-0.1, -0.05) is 0 Å². The molecular weight excluding hydrogens is 140 g/mol. The molecule has 6 heteroatoms. The molecule has 10 heavy (non-hydrogen) atoms. The van der Waals surface area contributed by atoms with Gasteiger partial charge in [0.15, 0.2) is 0 Å². The monoisotopic (exact) mass is 144 g/mol. The highest BCUT2D eigenvalue weighted by Gasteiger charge is 2.58. The standard InChI is InChI=1S/C4H4N2O4/c1-10-3(9)4(2(7)8)5-6-4/h1H3,(H,7,8). The van der Waals surface area contributed by atoms with Crippen molar-refractivity contribution in [2.45, 2.75) is 5.66 Å². The SMILES string of the molecule is COC(=O)C1(C(=O)O)N=N1. The molecule has 0 spiro atoms. The van der Waals surface area contributed by atoms with Crippen LogP contribution in [-0.2, 0) is 14.3 Å². The molecule has 0 unspecified atom stereocenters. The topological polar surface area (TPSA) is 88.3 Å². The van der Waals surface area contributed by atoms with E-state index in [1.54, 1.807) is 0 Å². The zero-order valence-corrected chi connectivity index (χ0v) is 5.07. The van der Waals surface area contributed by atoms with Crippen LogP contribution in [0.1, 0.15) is 0 Å². The molecule has 0 aliphatic carbocycles. The number of nitrogens with zero attached hydrogens (tertiary/aromatic N) is 2. The van der Waals surface area contributed by atoms with E-state index in [1.807, 2.05) is 0 Å². The highest BCUT2D eigenvalue weighted by atomic mass is 16.5. The molecule has 0 radical (unpaired) electrons. The second-order valence-electron chi connectivity index (χ2n) is 1.67. The number of carboxylic acid groups (broad SMARTS) is 1. The number of methoxy groups -OCH3 is 1. The molecule has 1 aliphatic rings. The predicted octanol–water partition coefficient (Wildman–Crippen LogP) is -0.594. The molecule has 6 nitrogen and oxygen atoms in total. The Bertz CT molecular complexity index is 215. The first-order chi connectivity index (χ1) is 4.63. The average molecular weight is 144 g/mol. The van der Waals surface area contributed by atoms with E-state index in [1.165, 1.54) is 0 Å². The lowest BCUT2D eigenvalue weighted by Crippen LogP contribution is -2.34. The van der Waals surface area contributed by atoms with Crippen LogP contribution in [0.4, 0.5) is 0 Å². The first kappa shape index (κ1) is 6.66. The van der Waals surface area contributed by atoms with Crippen LogP contribution in [0.2, 0.25) is 0 Å². The lowest BCUT2D eigenvalue weighted by atomic mass is 10.2. The molecule has 0 bridgehead atoms. The Morgan fingerprint density at radius 1 is 1.50 bits per heavy atom. The van der Waals surface area contributed by atoms with Gasteiger partial charge in [0.1, 0.15) is 0 Å². The summed E-state index contributed by atoms with van der Waals surface area (Å²) in [6.45, 7) is 0. The molecule has 0 aromatic heterocycles. The van der Waals surface area contributed by atoms with E-state index in [2.05, 4.69) is 15.0 Å². The Labute approximate surface area is 55.5 Å². The summed E-state index contributed by atoms with van der Waals surface area (Å²) in [6, 6.07) is 0. The molecule has 1 rings (SSSR count). The minimum absolute atomic E-state index is 0.958. The van der Waals surface area contributed by atoms with Crippen LogP contribution in [-0.4, -0.2) is 29.8 Å². The summed E-state index contributed by atoms with van der Waals surface area (Å²) in [4.78, 5) is 20.7. The number of carbonyl (C=O) groups is 2. The second kappa shape index (κ2) is 1.76. The molecule has 0 fully saturated rings. The van der Waals surface area contributed by atoms with Crippen molar-refractivity contribution in [3.63, 3.8) is 0 Å². The zero-order chi connectivity index (χ0) is 7.78. The molecule has 54 valence electrons. The number of rotatable bonds is 2. The number of carboxylic acids is 1. The van der Waals surface area contributed by atoms with E-state index < -0.39 is 17.6 Å². The van der Waals surface area contributed by atoms with Gasteiger partial charge in [-0.2, -0.15) is 0 Å². The minimum Gasteiger partial charge on any atom is -0.477 e. The van der Waals surface area contributed by atoms with E-state index in [9.17, 15) is 9.59 Å². The normalized spacial score (nSPS) is 18.1. The first-order valence-corrected chi connectivity index (χ1v) is 2.39. The Kier molecular flexibility index (Phi) is 1.17. The first-order valence-electron chi connectivity index (χ1n) is 2.39. The van der Waals surface area contributed by atoms with Crippen molar-refractivity contribution in [2.24, 2.45) is 10.2 Å². The maximum atomic E-state index is 10.5. The number of ether oxygens (including phenoxy) is 1. The van der Waals surface area contributed by atoms with Gasteiger partial charge in [0.2, 0.25) is 0 Å². The summed E-state index contributed by atoms with van der Waals surface area (Å²) in [6.07, 6.45) is 0. The third-order valence-electron chi connectivity index (χ3n) is 1.07. The summed E-state index contributed by atoms with van der Waals surface area (Å²) in [5.74, 6) is -2.36. The number of esters is 1. The van der Waals surface area contributed by atoms with E-state index in [0.29, 0.717) is 0 Å². The van der Waals surface area contributed by atoms with Gasteiger partial charge in [-0.25, -0.2) is 9.59 Å². The lowest BCUT2D eigenvalue weighted by Gasteiger charge is -1.99. The number of hydrogen-bond acceptors (Lipinski definition) is 5. The minimum atomic E-state index is -1.94. The largest absolute Gasteiger partial charge is 0.477 e. The molecule has 0 amide bonds. The Morgan fingerprint density at radius 2 is 2.00 bits per heavy atom. The van der Waals surface area contributed by atoms with Gasteiger partial charge in [-0.05, 0) is 0 Å². The van der Waals surface area contributed by atoms with Crippen LogP contribution in [0, 0.1) is 0 Å². The molecule has 1 aliphatic heterocycles. The van der Waals surface area contributed by atoms with E-state index >= 15 is 0 Å². The summed E-state index contributed by atoms with van der Waals surface area (Å²) in [5, 5.41) is 14.4. The molecule has 0 saturated heterocycles. The molecule has 1 heterocycles. The molecule has 0 aromatic rings. The van der Waals surface area contributed by atoms with Gasteiger partial charge in [0.25, 0.3) is 0 Å². The van der Waals surface area contributed by atoms with Crippen LogP contribution < -0.4 is 0 Å². The molecule has 0 atom stereocenters. The maximum absolute atomic E-state index is 10.5. The van der Waals surface area contributed by atoms with Crippen molar-refractivity contribution in [2.75, 3.05) is 7.11 Å². The van der Waals surface area contributed by atoms with Crippen LogP contribution in [0.3, 0.4) is 0 Å². The highest BCUT2D eigenvalue weighted by molar-refractivity contribution is 6.05. The van der Waals surface area contributed by atoms with Gasteiger partial charge < -0.3 is 9.84 Å². The van der Waals surface area contributed by atoms with Gasteiger partial charge in [-0.15, -0.1) is 10.2 Å². The summed E-state index contributed by atoms with van der Waals surface area (Å²) in [5.41, 5.74) is -1.94. The Hall–Kier alpha value is -1.46. The summed E-state index contributed by atoms with van der Waals surface area (Å²) < 4.78 is 4.13. The van der Waals surface area contributed by atoms with E-state index in [0.717, 1.165) is 7.11 Å². The fraction of sp³-hybridized carbons (Fsp3) is 0.500.